The molecule has 5 amide bonds. The van der Waals surface area contributed by atoms with E-state index in [-0.39, 0.29) is 36.1 Å². The molecule has 0 unspecified atom stereocenters. The molecule has 0 aromatic carbocycles. The molecule has 0 radical (unpaired) electrons. The minimum absolute atomic E-state index is 0.111. The van der Waals surface area contributed by atoms with Gasteiger partial charge in [-0.2, -0.15) is 23.5 Å². The second kappa shape index (κ2) is 23.1. The van der Waals surface area contributed by atoms with E-state index in [1.54, 1.807) is 23.5 Å². The number of amides is 5. The highest BCUT2D eigenvalue weighted by Gasteiger charge is 2.43. The number of nitrogens with one attached hydrogen (secondary N) is 5. The third kappa shape index (κ3) is 15.8. The van der Waals surface area contributed by atoms with Crippen molar-refractivity contribution in [2.24, 2.45) is 17.6 Å². The zero-order valence-electron chi connectivity index (χ0n) is 32.5. The number of carbonyl (C=O) groups is 5. The molecule has 7 N–H and O–H groups in total. The molecule has 15 heteroatoms. The van der Waals surface area contributed by atoms with Crippen molar-refractivity contribution in [2.75, 3.05) is 44.7 Å². The van der Waals surface area contributed by atoms with Crippen LogP contribution >= 0.6 is 23.5 Å². The molecule has 3 heterocycles. The van der Waals surface area contributed by atoms with Crippen molar-refractivity contribution >= 4 is 53.1 Å². The Kier molecular flexibility index (Phi) is 19.4. The van der Waals surface area contributed by atoms with Gasteiger partial charge in [0.2, 0.25) is 29.5 Å². The minimum Gasteiger partial charge on any atom is -0.368 e. The molecule has 1 aromatic rings. The summed E-state index contributed by atoms with van der Waals surface area (Å²) in [5, 5.41) is 15.3. The first kappa shape index (κ1) is 44.5. The average molecular weight is 777 g/mol. The van der Waals surface area contributed by atoms with Crippen LogP contribution in [0.2, 0.25) is 0 Å². The molecule has 2 saturated heterocycles. The molecule has 0 saturated carbocycles. The Bertz CT molecular complexity index is 1340. The number of nitrogens with zero attached hydrogens (tertiary/aromatic N) is 2. The lowest BCUT2D eigenvalue weighted by Crippen LogP contribution is -2.65. The summed E-state index contributed by atoms with van der Waals surface area (Å²) in [5.41, 5.74) is 6.37. The third-order valence-corrected chi connectivity index (χ3v) is 12.1. The Morgan fingerprint density at radius 1 is 0.943 bits per heavy atom. The predicted molar refractivity (Wildman–Crippen MR) is 214 cm³/mol. The molecule has 3 rings (SSSR count). The molecule has 1 aromatic heterocycles. The Morgan fingerprint density at radius 3 is 2.11 bits per heavy atom. The van der Waals surface area contributed by atoms with Crippen LogP contribution < -0.4 is 32.3 Å². The molecule has 53 heavy (non-hydrogen) atoms. The van der Waals surface area contributed by atoms with E-state index in [0.717, 1.165) is 48.8 Å². The van der Waals surface area contributed by atoms with Crippen molar-refractivity contribution < 1.29 is 24.0 Å². The normalized spacial score (nSPS) is 18.1. The largest absolute Gasteiger partial charge is 0.368 e. The lowest BCUT2D eigenvalue weighted by atomic mass is 9.85. The van der Waals surface area contributed by atoms with Crippen LogP contribution in [0.15, 0.2) is 18.2 Å². The Labute approximate surface area is 325 Å². The number of thioether (sulfide) groups is 2. The van der Waals surface area contributed by atoms with Gasteiger partial charge in [-0.3, -0.25) is 29.0 Å². The number of aromatic nitrogens is 1. The molecular weight excluding hydrogens is 713 g/mol. The molecule has 2 aliphatic heterocycles. The standard InChI is InChI=1S/C38H64N8O5S2/c1-6-27(4)34(35(39)49)44-36(50)31(11-10-26(2)3)43-37(51)38(16-20-46(5)21-17-38)45-33(48)15-23-53-25-30-9-7-8-29(41-30)24-52-22-14-32(47)42-28-12-18-40-19-13-28/h7-9,26-28,31,34,40H,6,10-25H2,1-5H3,(H2,39,49)(H,42,47)(H,43,51)(H,44,50)(H,45,48)/t27-,31-,34-/m0/s1. The highest BCUT2D eigenvalue weighted by Crippen LogP contribution is 2.24. The second-order valence-electron chi connectivity index (χ2n) is 15.0. The van der Waals surface area contributed by atoms with E-state index >= 15 is 0 Å². The first-order valence-electron chi connectivity index (χ1n) is 19.3. The van der Waals surface area contributed by atoms with Gasteiger partial charge in [0.1, 0.15) is 17.6 Å². The molecule has 0 spiro atoms. The molecule has 3 atom stereocenters. The summed E-state index contributed by atoms with van der Waals surface area (Å²) in [7, 11) is 1.98. The zero-order valence-corrected chi connectivity index (χ0v) is 34.1. The van der Waals surface area contributed by atoms with Crippen molar-refractivity contribution in [1.29, 1.82) is 0 Å². The fraction of sp³-hybridized carbons (Fsp3) is 0.737. The fourth-order valence-corrected chi connectivity index (χ4v) is 8.11. The molecule has 2 fully saturated rings. The van der Waals surface area contributed by atoms with Crippen molar-refractivity contribution in [2.45, 2.75) is 121 Å². The van der Waals surface area contributed by atoms with Crippen LogP contribution in [0, 0.1) is 11.8 Å². The number of carbonyl (C=O) groups excluding carboxylic acids is 5. The van der Waals surface area contributed by atoms with Gasteiger partial charge in [-0.15, -0.1) is 0 Å². The molecule has 298 valence electrons. The number of pyridine rings is 1. The third-order valence-electron chi connectivity index (χ3n) is 10.1. The number of piperidine rings is 2. The van der Waals surface area contributed by atoms with Gasteiger partial charge in [0.25, 0.3) is 0 Å². The first-order valence-corrected chi connectivity index (χ1v) is 21.6. The van der Waals surface area contributed by atoms with E-state index in [2.05, 4.69) is 31.5 Å². The van der Waals surface area contributed by atoms with E-state index in [1.807, 2.05) is 52.9 Å². The lowest BCUT2D eigenvalue weighted by Gasteiger charge is -2.40. The second-order valence-corrected chi connectivity index (χ2v) is 17.2. The zero-order chi connectivity index (χ0) is 38.8. The number of primary amides is 1. The van der Waals surface area contributed by atoms with Gasteiger partial charge in [-0.25, -0.2) is 0 Å². The summed E-state index contributed by atoms with van der Waals surface area (Å²) >= 11 is 3.31. The van der Waals surface area contributed by atoms with Gasteiger partial charge >= 0.3 is 0 Å². The van der Waals surface area contributed by atoms with Crippen molar-refractivity contribution in [3.8, 4) is 0 Å². The first-order chi connectivity index (χ1) is 25.3. The maximum Gasteiger partial charge on any atom is 0.246 e. The fourth-order valence-electron chi connectivity index (χ4n) is 6.43. The van der Waals surface area contributed by atoms with Crippen molar-refractivity contribution in [3.63, 3.8) is 0 Å². The lowest BCUT2D eigenvalue weighted by molar-refractivity contribution is -0.138. The van der Waals surface area contributed by atoms with Gasteiger partial charge in [0.05, 0.1) is 11.4 Å². The van der Waals surface area contributed by atoms with Crippen LogP contribution in [0.25, 0.3) is 0 Å². The number of hydrogen-bond donors (Lipinski definition) is 6. The van der Waals surface area contributed by atoms with Crippen LogP contribution in [-0.4, -0.2) is 108 Å². The van der Waals surface area contributed by atoms with Gasteiger partial charge < -0.3 is 37.2 Å². The van der Waals surface area contributed by atoms with Crippen LogP contribution in [0.1, 0.15) is 96.9 Å². The van der Waals surface area contributed by atoms with Gasteiger partial charge in [-0.05, 0) is 82.6 Å². The van der Waals surface area contributed by atoms with E-state index < -0.39 is 29.4 Å². The Morgan fingerprint density at radius 2 is 1.55 bits per heavy atom. The summed E-state index contributed by atoms with van der Waals surface area (Å²) in [4.78, 5) is 72.2. The van der Waals surface area contributed by atoms with Gasteiger partial charge in [0, 0.05) is 55.0 Å². The maximum absolute atomic E-state index is 14.0. The SMILES string of the molecule is CC[C@H](C)[C@H](NC(=O)[C@H](CCC(C)C)NC(=O)C1(NC(=O)CCSCc2cccc(CSCCC(=O)NC3CCNCC3)n2)CCN(C)CC1)C(N)=O. The van der Waals surface area contributed by atoms with Crippen LogP contribution in [0.5, 0.6) is 0 Å². The van der Waals surface area contributed by atoms with Crippen molar-refractivity contribution in [3.05, 3.63) is 29.6 Å². The highest BCUT2D eigenvalue weighted by atomic mass is 32.2. The highest BCUT2D eigenvalue weighted by molar-refractivity contribution is 7.98. The Hall–Kier alpha value is -2.88. The predicted octanol–water partition coefficient (Wildman–Crippen LogP) is 2.71. The summed E-state index contributed by atoms with van der Waals surface area (Å²) in [6.45, 7) is 11.0. The van der Waals surface area contributed by atoms with Crippen LogP contribution in [-0.2, 0) is 35.5 Å². The van der Waals surface area contributed by atoms with E-state index in [9.17, 15) is 24.0 Å². The monoisotopic (exact) mass is 776 g/mol. The molecule has 0 aliphatic carbocycles. The molecular formula is C38H64N8O5S2. The van der Waals surface area contributed by atoms with E-state index in [0.29, 0.717) is 69.0 Å². The Balaban J connectivity index is 1.50. The average Bonchev–Trinajstić information content (AvgIpc) is 3.13. The summed E-state index contributed by atoms with van der Waals surface area (Å²) < 4.78 is 0. The quantitative estimate of drug-likeness (QED) is 0.0957. The smallest absolute Gasteiger partial charge is 0.246 e. The number of hydrogen-bond acceptors (Lipinski definition) is 10. The van der Waals surface area contributed by atoms with Crippen LogP contribution in [0.3, 0.4) is 0 Å². The number of rotatable bonds is 22. The topological polar surface area (TPSA) is 188 Å². The summed E-state index contributed by atoms with van der Waals surface area (Å²) in [6, 6.07) is 4.53. The minimum atomic E-state index is -1.15. The van der Waals surface area contributed by atoms with Crippen LogP contribution in [0.4, 0.5) is 0 Å². The summed E-state index contributed by atoms with van der Waals surface area (Å²) in [5.74, 6) is 1.27. The molecule has 2 aliphatic rings. The van der Waals surface area contributed by atoms with Crippen molar-refractivity contribution in [1.82, 2.24) is 36.5 Å². The number of nitrogens with two attached hydrogens (primary N) is 1. The van der Waals surface area contributed by atoms with E-state index in [1.165, 1.54) is 0 Å². The summed E-state index contributed by atoms with van der Waals surface area (Å²) in [6.07, 6.45) is 5.27. The van der Waals surface area contributed by atoms with Gasteiger partial charge in [-0.1, -0.05) is 40.2 Å². The van der Waals surface area contributed by atoms with E-state index in [4.69, 9.17) is 10.7 Å². The van der Waals surface area contributed by atoms with Gasteiger partial charge in [0.15, 0.2) is 0 Å². The molecule has 13 nitrogen and oxygen atoms in total. The molecule has 0 bridgehead atoms. The number of likely N-dealkylation sites (tertiary alicyclic amines) is 1. The maximum atomic E-state index is 14.0.